The molecule has 5 N–H and O–H groups in total. The van der Waals surface area contributed by atoms with Crippen molar-refractivity contribution in [3.05, 3.63) is 12.7 Å². The molecule has 17 heavy (non-hydrogen) atoms. The molecule has 1 aliphatic heterocycles. The average molecular weight is 242 g/mol. The number of aliphatic imine (C=N–C) groups is 1. The van der Waals surface area contributed by atoms with E-state index in [0.717, 1.165) is 0 Å². The van der Waals surface area contributed by atoms with Gasteiger partial charge in [-0.25, -0.2) is 4.99 Å². The van der Waals surface area contributed by atoms with Crippen LogP contribution in [0.5, 0.6) is 0 Å². The highest BCUT2D eigenvalue weighted by Gasteiger charge is 2.48. The maximum atomic E-state index is 9.91. The molecule has 1 aliphatic carbocycles. The predicted molar refractivity (Wildman–Crippen MR) is 61.5 cm³/mol. The first-order valence-electron chi connectivity index (χ1n) is 5.68. The van der Waals surface area contributed by atoms with Gasteiger partial charge in [0.15, 0.2) is 0 Å². The minimum atomic E-state index is -1.03. The maximum Gasteiger partial charge on any atom is 0.205 e. The summed E-state index contributed by atoms with van der Waals surface area (Å²) in [5.74, 6) is -0.0550. The topological polar surface area (TPSA) is 108 Å². The Labute approximate surface area is 99.4 Å². The smallest absolute Gasteiger partial charge is 0.205 e. The van der Waals surface area contributed by atoms with Crippen LogP contribution in [0.4, 0.5) is 0 Å². The second kappa shape index (κ2) is 4.73. The van der Waals surface area contributed by atoms with Crippen molar-refractivity contribution in [3.8, 4) is 0 Å². The number of nitrogens with two attached hydrogens (primary N) is 1. The lowest BCUT2D eigenvalue weighted by Gasteiger charge is -2.36. The van der Waals surface area contributed by atoms with Gasteiger partial charge in [0, 0.05) is 12.5 Å². The van der Waals surface area contributed by atoms with Gasteiger partial charge in [0.25, 0.3) is 0 Å². The van der Waals surface area contributed by atoms with Crippen molar-refractivity contribution in [1.29, 1.82) is 0 Å². The summed E-state index contributed by atoms with van der Waals surface area (Å²) in [5.41, 5.74) is 5.71. The Bertz CT molecular complexity index is 333. The largest absolute Gasteiger partial charge is 0.474 e. The standard InChI is InChI=1S/C11H18N2O4/c1-2-6(12)11-13-8-7(17-11)3-5(4-14)9(15)10(8)16/h2,5-10,14-16H,1,3-4,12H2/t5-,6?,7+,8+,9-,10-/m1/s1. The van der Waals surface area contributed by atoms with Crippen LogP contribution >= 0.6 is 0 Å². The lowest BCUT2D eigenvalue weighted by atomic mass is 9.80. The van der Waals surface area contributed by atoms with Crippen molar-refractivity contribution in [2.75, 3.05) is 6.61 Å². The quantitative estimate of drug-likeness (QED) is 0.446. The molecule has 1 unspecified atom stereocenters. The number of rotatable bonds is 3. The SMILES string of the molecule is C=CC(N)C1=N[C@@H]2[C@@H](O)[C@H](O)[C@@H](CO)C[C@@H]2O1. The molecule has 6 atom stereocenters. The lowest BCUT2D eigenvalue weighted by molar-refractivity contribution is -0.0947. The fourth-order valence-electron chi connectivity index (χ4n) is 2.34. The highest BCUT2D eigenvalue weighted by molar-refractivity contribution is 5.85. The van der Waals surface area contributed by atoms with E-state index in [0.29, 0.717) is 12.3 Å². The molecule has 1 fully saturated rings. The molecule has 0 spiro atoms. The summed E-state index contributed by atoms with van der Waals surface area (Å²) >= 11 is 0. The molecule has 2 rings (SSSR count). The Morgan fingerprint density at radius 2 is 2.24 bits per heavy atom. The van der Waals surface area contributed by atoms with Gasteiger partial charge in [0.2, 0.25) is 5.90 Å². The van der Waals surface area contributed by atoms with Crippen molar-refractivity contribution in [2.45, 2.75) is 36.8 Å². The number of fused-ring (bicyclic) bond motifs is 1. The number of ether oxygens (including phenoxy) is 1. The van der Waals surface area contributed by atoms with Crippen LogP contribution in [0, 0.1) is 5.92 Å². The number of nitrogens with zero attached hydrogens (tertiary/aromatic N) is 1. The average Bonchev–Trinajstić information content (AvgIpc) is 2.76. The second-order valence-electron chi connectivity index (χ2n) is 4.54. The van der Waals surface area contributed by atoms with Gasteiger partial charge in [0.1, 0.15) is 18.2 Å². The summed E-state index contributed by atoms with van der Waals surface area (Å²) in [6.45, 7) is 3.36. The van der Waals surface area contributed by atoms with Crippen LogP contribution in [0.25, 0.3) is 0 Å². The first-order valence-corrected chi connectivity index (χ1v) is 5.68. The van der Waals surface area contributed by atoms with E-state index in [-0.39, 0.29) is 18.6 Å². The molecule has 6 heteroatoms. The van der Waals surface area contributed by atoms with E-state index in [1.165, 1.54) is 6.08 Å². The van der Waals surface area contributed by atoms with Crippen LogP contribution in [0.3, 0.4) is 0 Å². The zero-order valence-corrected chi connectivity index (χ0v) is 9.44. The van der Waals surface area contributed by atoms with Crippen LogP contribution in [0.15, 0.2) is 17.6 Å². The maximum absolute atomic E-state index is 9.91. The summed E-state index contributed by atoms with van der Waals surface area (Å²) < 4.78 is 5.54. The van der Waals surface area contributed by atoms with E-state index in [4.69, 9.17) is 15.6 Å². The molecule has 0 bridgehead atoms. The highest BCUT2D eigenvalue weighted by atomic mass is 16.5. The Hall–Kier alpha value is -0.950. The number of aliphatic hydroxyl groups is 3. The first kappa shape index (κ1) is 12.5. The Balaban J connectivity index is 2.14. The van der Waals surface area contributed by atoms with E-state index in [9.17, 15) is 10.2 Å². The molecular weight excluding hydrogens is 224 g/mol. The Morgan fingerprint density at radius 3 is 2.82 bits per heavy atom. The van der Waals surface area contributed by atoms with E-state index in [1.807, 2.05) is 0 Å². The van der Waals surface area contributed by atoms with Gasteiger partial charge in [0.05, 0.1) is 12.1 Å². The Kier molecular flexibility index (Phi) is 3.48. The third-order valence-corrected chi connectivity index (χ3v) is 3.42. The normalized spacial score (nSPS) is 42.4. The van der Waals surface area contributed by atoms with E-state index < -0.39 is 24.3 Å². The van der Waals surface area contributed by atoms with E-state index in [1.54, 1.807) is 0 Å². The first-order chi connectivity index (χ1) is 8.08. The molecule has 0 radical (unpaired) electrons. The van der Waals surface area contributed by atoms with Crippen molar-refractivity contribution >= 4 is 5.90 Å². The molecule has 0 saturated heterocycles. The van der Waals surface area contributed by atoms with Gasteiger partial charge in [-0.1, -0.05) is 6.08 Å². The minimum Gasteiger partial charge on any atom is -0.474 e. The molecule has 6 nitrogen and oxygen atoms in total. The molecule has 0 amide bonds. The summed E-state index contributed by atoms with van der Waals surface area (Å²) in [6, 6.07) is -1.01. The van der Waals surface area contributed by atoms with E-state index >= 15 is 0 Å². The van der Waals surface area contributed by atoms with Crippen molar-refractivity contribution in [3.63, 3.8) is 0 Å². The van der Waals surface area contributed by atoms with Gasteiger partial charge < -0.3 is 25.8 Å². The minimum absolute atomic E-state index is 0.187. The third-order valence-electron chi connectivity index (χ3n) is 3.42. The van der Waals surface area contributed by atoms with Crippen molar-refractivity contribution in [2.24, 2.45) is 16.6 Å². The summed E-state index contributed by atoms with van der Waals surface area (Å²) in [4.78, 5) is 4.19. The fourth-order valence-corrected chi connectivity index (χ4v) is 2.34. The van der Waals surface area contributed by atoms with Crippen LogP contribution in [0.1, 0.15) is 6.42 Å². The molecule has 2 aliphatic rings. The Morgan fingerprint density at radius 1 is 1.53 bits per heavy atom. The summed E-state index contributed by atoms with van der Waals surface area (Å²) in [5, 5.41) is 28.8. The third kappa shape index (κ3) is 2.09. The van der Waals surface area contributed by atoms with Gasteiger partial charge >= 0.3 is 0 Å². The molecule has 0 aromatic heterocycles. The number of hydrogen-bond donors (Lipinski definition) is 4. The summed E-state index contributed by atoms with van der Waals surface area (Å²) in [7, 11) is 0. The zero-order valence-electron chi connectivity index (χ0n) is 9.44. The molecule has 1 saturated carbocycles. The second-order valence-corrected chi connectivity index (χ2v) is 4.54. The molecule has 0 aromatic carbocycles. The lowest BCUT2D eigenvalue weighted by Crippen LogP contribution is -2.52. The zero-order chi connectivity index (χ0) is 12.6. The number of aliphatic hydroxyl groups excluding tert-OH is 3. The highest BCUT2D eigenvalue weighted by Crippen LogP contribution is 2.33. The monoisotopic (exact) mass is 242 g/mol. The van der Waals surface area contributed by atoms with Gasteiger partial charge in [-0.2, -0.15) is 0 Å². The van der Waals surface area contributed by atoms with Gasteiger partial charge in [-0.05, 0) is 6.42 Å². The van der Waals surface area contributed by atoms with Crippen molar-refractivity contribution in [1.82, 2.24) is 0 Å². The van der Waals surface area contributed by atoms with Crippen LogP contribution in [-0.2, 0) is 4.74 Å². The molecular formula is C11H18N2O4. The van der Waals surface area contributed by atoms with Crippen LogP contribution in [-0.4, -0.2) is 58.2 Å². The van der Waals surface area contributed by atoms with Crippen molar-refractivity contribution < 1.29 is 20.1 Å². The van der Waals surface area contributed by atoms with Gasteiger partial charge in [-0.3, -0.25) is 0 Å². The van der Waals surface area contributed by atoms with E-state index in [2.05, 4.69) is 11.6 Å². The molecule has 0 aromatic rings. The number of hydrogen-bond acceptors (Lipinski definition) is 6. The van der Waals surface area contributed by atoms with Crippen LogP contribution in [0.2, 0.25) is 0 Å². The molecule has 1 heterocycles. The summed E-state index contributed by atoms with van der Waals surface area (Å²) in [6.07, 6.45) is -0.376. The van der Waals surface area contributed by atoms with Crippen LogP contribution < -0.4 is 5.73 Å². The van der Waals surface area contributed by atoms with Gasteiger partial charge in [-0.15, -0.1) is 6.58 Å². The molecule has 96 valence electrons. The predicted octanol–water partition coefficient (Wildman–Crippen LogP) is -1.60. The fraction of sp³-hybridized carbons (Fsp3) is 0.727.